The predicted octanol–water partition coefficient (Wildman–Crippen LogP) is 6.26. The molecule has 1 aromatic heterocycles. The fourth-order valence-electron chi connectivity index (χ4n) is 3.67. The Balaban J connectivity index is 0.00000150. The van der Waals surface area contributed by atoms with E-state index in [1.54, 1.807) is 46.4 Å². The first-order valence-corrected chi connectivity index (χ1v) is 14.9. The van der Waals surface area contributed by atoms with Crippen LogP contribution in [0.4, 0.5) is 10.1 Å². The summed E-state index contributed by atoms with van der Waals surface area (Å²) in [5.41, 5.74) is 3.62. The summed E-state index contributed by atoms with van der Waals surface area (Å²) in [6.45, 7) is 10.6. The third-order valence-corrected chi connectivity index (χ3v) is 8.90. The van der Waals surface area contributed by atoms with Crippen LogP contribution in [0.5, 0.6) is 5.88 Å². The maximum atomic E-state index is 14.8. The molecule has 1 aliphatic rings. The van der Waals surface area contributed by atoms with Gasteiger partial charge >= 0.3 is 0 Å². The van der Waals surface area contributed by atoms with Gasteiger partial charge in [0.2, 0.25) is 5.88 Å². The second-order valence-corrected chi connectivity index (χ2v) is 12.1. The molecule has 1 heterocycles. The molecule has 1 aromatic carbocycles. The van der Waals surface area contributed by atoms with Crippen LogP contribution in [0, 0.1) is 23.6 Å². The van der Waals surface area contributed by atoms with Crippen molar-refractivity contribution in [3.05, 3.63) is 53.2 Å². The first-order valence-electron chi connectivity index (χ1n) is 13.3. The number of hydrogen-bond donors (Lipinski definition) is 2. The molecule has 8 nitrogen and oxygen atoms in total. The predicted molar refractivity (Wildman–Crippen MR) is 161 cm³/mol. The first kappa shape index (κ1) is 34.7. The average Bonchev–Trinajstić information content (AvgIpc) is 3.78. The van der Waals surface area contributed by atoms with Crippen molar-refractivity contribution in [3.8, 4) is 18.2 Å². The Morgan fingerprint density at radius 1 is 1.23 bits per heavy atom. The fraction of sp³-hybridized carbons (Fsp3) is 0.500. The average molecular weight is 575 g/mol. The van der Waals surface area contributed by atoms with E-state index >= 15 is 0 Å². The Morgan fingerprint density at radius 3 is 2.35 bits per heavy atom. The third kappa shape index (κ3) is 9.42. The molecule has 0 radical (unpaired) electrons. The SMILES string of the molecule is C#CCOc1cnc(C(Nc2ccc(F)c([C@@H](C)CS(=O)(=O)C(C)(C)C(=N)CC)c2)=C2CC2)cn1.CC.COC. The number of halogens is 1. The zero-order valence-electron chi connectivity index (χ0n) is 24.9. The van der Waals surface area contributed by atoms with E-state index in [9.17, 15) is 12.8 Å². The highest BCUT2D eigenvalue weighted by Gasteiger charge is 2.39. The Bertz CT molecular complexity index is 1290. The largest absolute Gasteiger partial charge is 0.463 e. The van der Waals surface area contributed by atoms with Gasteiger partial charge in [-0.3, -0.25) is 0 Å². The number of hydrogen-bond acceptors (Lipinski definition) is 8. The van der Waals surface area contributed by atoms with Crippen LogP contribution in [0.3, 0.4) is 0 Å². The normalized spacial score (nSPS) is 12.9. The number of terminal acetylenes is 1. The second kappa shape index (κ2) is 16.1. The third-order valence-electron chi connectivity index (χ3n) is 6.16. The van der Waals surface area contributed by atoms with Crippen LogP contribution in [-0.2, 0) is 14.6 Å². The van der Waals surface area contributed by atoms with Crippen molar-refractivity contribution in [2.24, 2.45) is 0 Å². The van der Waals surface area contributed by atoms with Crippen molar-refractivity contribution in [2.75, 3.05) is 31.9 Å². The molecule has 1 aliphatic carbocycles. The zero-order chi connectivity index (χ0) is 30.5. The van der Waals surface area contributed by atoms with E-state index in [2.05, 4.69) is 25.9 Å². The van der Waals surface area contributed by atoms with Crippen LogP contribution in [0.25, 0.3) is 5.70 Å². The lowest BCUT2D eigenvalue weighted by Gasteiger charge is -2.27. The molecule has 0 aliphatic heterocycles. The molecule has 1 atom stereocenters. The van der Waals surface area contributed by atoms with Gasteiger partial charge in [-0.25, -0.2) is 22.8 Å². The van der Waals surface area contributed by atoms with Crippen LogP contribution in [0.1, 0.15) is 78.0 Å². The maximum absolute atomic E-state index is 14.8. The molecule has 10 heteroatoms. The van der Waals surface area contributed by atoms with Gasteiger partial charge in [0.25, 0.3) is 0 Å². The molecule has 0 amide bonds. The Kier molecular flexibility index (Phi) is 14.0. The first-order chi connectivity index (χ1) is 18.9. The lowest BCUT2D eigenvalue weighted by atomic mass is 10.0. The number of aromatic nitrogens is 2. The van der Waals surface area contributed by atoms with Crippen molar-refractivity contribution < 1.29 is 22.3 Å². The highest BCUT2D eigenvalue weighted by Crippen LogP contribution is 2.37. The molecule has 1 fully saturated rings. The van der Waals surface area contributed by atoms with Gasteiger partial charge in [-0.05, 0) is 68.4 Å². The lowest BCUT2D eigenvalue weighted by molar-refractivity contribution is 0.277. The van der Waals surface area contributed by atoms with E-state index in [1.165, 1.54) is 26.1 Å². The summed E-state index contributed by atoms with van der Waals surface area (Å²) < 4.78 is 49.1. The van der Waals surface area contributed by atoms with Gasteiger partial charge in [-0.2, -0.15) is 0 Å². The molecule has 0 unspecified atom stereocenters. The minimum atomic E-state index is -3.69. The highest BCUT2D eigenvalue weighted by atomic mass is 32.2. The van der Waals surface area contributed by atoms with Crippen molar-refractivity contribution in [1.29, 1.82) is 5.41 Å². The van der Waals surface area contributed by atoms with Gasteiger partial charge < -0.3 is 20.2 Å². The van der Waals surface area contributed by atoms with E-state index in [4.69, 9.17) is 16.6 Å². The summed E-state index contributed by atoms with van der Waals surface area (Å²) in [6.07, 6.45) is 10.5. The number of methoxy groups -OCH3 is 1. The minimum Gasteiger partial charge on any atom is -0.463 e. The molecule has 2 aromatic rings. The Hall–Kier alpha value is -3.29. The number of allylic oxidation sites excluding steroid dienone is 1. The van der Waals surface area contributed by atoms with E-state index in [-0.39, 0.29) is 18.1 Å². The number of anilines is 1. The number of sulfone groups is 1. The van der Waals surface area contributed by atoms with E-state index in [0.29, 0.717) is 29.2 Å². The summed E-state index contributed by atoms with van der Waals surface area (Å²) in [4.78, 5) is 8.65. The van der Waals surface area contributed by atoms with Crippen molar-refractivity contribution in [3.63, 3.8) is 0 Å². The molecule has 0 saturated heterocycles. The molecule has 1 saturated carbocycles. The monoisotopic (exact) mass is 574 g/mol. The number of rotatable bonds is 11. The summed E-state index contributed by atoms with van der Waals surface area (Å²) in [5, 5.41) is 11.4. The Labute approximate surface area is 239 Å². The number of nitrogens with one attached hydrogen (secondary N) is 2. The molecule has 3 rings (SSSR count). The van der Waals surface area contributed by atoms with Gasteiger partial charge in [0.05, 0.1) is 23.8 Å². The molecular weight excluding hydrogens is 531 g/mol. The molecule has 2 N–H and O–H groups in total. The van der Waals surface area contributed by atoms with Crippen LogP contribution in [0.15, 0.2) is 36.2 Å². The molecule has 0 bridgehead atoms. The van der Waals surface area contributed by atoms with Crippen LogP contribution < -0.4 is 10.1 Å². The van der Waals surface area contributed by atoms with Crippen molar-refractivity contribution in [1.82, 2.24) is 9.97 Å². The second-order valence-electron chi connectivity index (χ2n) is 9.51. The summed E-state index contributed by atoms with van der Waals surface area (Å²) in [7, 11) is -0.442. The molecular formula is C30H43FN4O4S. The lowest BCUT2D eigenvalue weighted by Crippen LogP contribution is -2.42. The highest BCUT2D eigenvalue weighted by molar-refractivity contribution is 7.93. The molecule has 40 heavy (non-hydrogen) atoms. The fourth-order valence-corrected chi connectivity index (χ4v) is 5.44. The number of nitrogens with zero attached hydrogens (tertiary/aromatic N) is 2. The standard InChI is InChI=1S/C26H31FN4O3S.C2H6O.C2H6/c1-6-12-34-24-15-29-22(14-30-24)25(18-8-9-18)31-19-10-11-21(27)20(13-19)17(3)16-35(32,33)26(4,5)23(28)7-2;1-3-2;1-2/h1,10-11,13-15,17,28,31H,7-9,12,16H2,2-5H3;1-2H3;1-2H3/t17-;;/m0../s1. The smallest absolute Gasteiger partial charge is 0.233 e. The van der Waals surface area contributed by atoms with Gasteiger partial charge in [0, 0.05) is 25.6 Å². The van der Waals surface area contributed by atoms with Crippen LogP contribution in [-0.4, -0.2) is 55.4 Å². The topological polar surface area (TPSA) is 114 Å². The van der Waals surface area contributed by atoms with E-state index in [0.717, 1.165) is 24.1 Å². The number of ether oxygens (including phenoxy) is 2. The van der Waals surface area contributed by atoms with Gasteiger partial charge in [-0.15, -0.1) is 6.42 Å². The zero-order valence-corrected chi connectivity index (χ0v) is 25.7. The van der Waals surface area contributed by atoms with Crippen LogP contribution in [0.2, 0.25) is 0 Å². The van der Waals surface area contributed by atoms with Gasteiger partial charge in [0.1, 0.15) is 16.3 Å². The van der Waals surface area contributed by atoms with Gasteiger partial charge in [-0.1, -0.05) is 33.6 Å². The summed E-state index contributed by atoms with van der Waals surface area (Å²) in [6, 6.07) is 4.57. The summed E-state index contributed by atoms with van der Waals surface area (Å²) in [5.74, 6) is 1.36. The number of benzene rings is 1. The van der Waals surface area contributed by atoms with Crippen LogP contribution >= 0.6 is 0 Å². The molecule has 0 spiro atoms. The minimum absolute atomic E-state index is 0.100. The maximum Gasteiger partial charge on any atom is 0.233 e. The molecule has 220 valence electrons. The Morgan fingerprint density at radius 2 is 1.85 bits per heavy atom. The van der Waals surface area contributed by atoms with E-state index < -0.39 is 26.3 Å². The summed E-state index contributed by atoms with van der Waals surface area (Å²) >= 11 is 0. The van der Waals surface area contributed by atoms with Crippen molar-refractivity contribution in [2.45, 2.75) is 71.5 Å². The van der Waals surface area contributed by atoms with Gasteiger partial charge in [0.15, 0.2) is 16.4 Å². The quantitative estimate of drug-likeness (QED) is 0.240. The van der Waals surface area contributed by atoms with Crippen molar-refractivity contribution >= 4 is 26.9 Å². The van der Waals surface area contributed by atoms with E-state index in [1.807, 2.05) is 13.8 Å².